The molecule has 2 aromatic heterocycles. The van der Waals surface area contributed by atoms with Gasteiger partial charge in [0.25, 0.3) is 0 Å². The molecule has 27 heavy (non-hydrogen) atoms. The van der Waals surface area contributed by atoms with Crippen LogP contribution in [0.2, 0.25) is 0 Å². The summed E-state index contributed by atoms with van der Waals surface area (Å²) in [6, 6.07) is 11.9. The molecule has 0 spiro atoms. The van der Waals surface area contributed by atoms with E-state index in [1.807, 2.05) is 6.07 Å². The van der Waals surface area contributed by atoms with Crippen LogP contribution in [0.4, 0.5) is 0 Å². The van der Waals surface area contributed by atoms with Crippen LogP contribution in [0.5, 0.6) is 0 Å². The quantitative estimate of drug-likeness (QED) is 0.663. The first-order valence-corrected chi connectivity index (χ1v) is 10.2. The van der Waals surface area contributed by atoms with Crippen molar-refractivity contribution in [3.63, 3.8) is 0 Å². The van der Waals surface area contributed by atoms with Crippen LogP contribution in [-0.2, 0) is 16.6 Å². The lowest BCUT2D eigenvalue weighted by molar-refractivity contribution is 0.547. The molecule has 0 atom stereocenters. The van der Waals surface area contributed by atoms with Gasteiger partial charge in [-0.3, -0.25) is 9.55 Å². The third-order valence-electron chi connectivity index (χ3n) is 4.37. The molecule has 0 bridgehead atoms. The average molecular weight is 385 g/mol. The van der Waals surface area contributed by atoms with Gasteiger partial charge in [0.15, 0.2) is 5.82 Å². The maximum Gasteiger partial charge on any atom is 0.346 e. The molecule has 0 radical (unpaired) electrons. The van der Waals surface area contributed by atoms with Crippen molar-refractivity contribution in [2.75, 3.05) is 6.54 Å². The minimum Gasteiger partial charge on any atom is -0.272 e. The molecule has 1 aliphatic carbocycles. The van der Waals surface area contributed by atoms with Crippen molar-refractivity contribution in [2.24, 2.45) is 0 Å². The van der Waals surface area contributed by atoms with E-state index in [1.165, 1.54) is 16.8 Å². The van der Waals surface area contributed by atoms with Gasteiger partial charge in [0.1, 0.15) is 0 Å². The lowest BCUT2D eigenvalue weighted by atomic mass is 10.3. The van der Waals surface area contributed by atoms with Crippen molar-refractivity contribution >= 4 is 10.0 Å². The first-order chi connectivity index (χ1) is 13.1. The van der Waals surface area contributed by atoms with Gasteiger partial charge < -0.3 is 0 Å². The molecule has 0 saturated heterocycles. The Morgan fingerprint density at radius 1 is 1.11 bits per heavy atom. The summed E-state index contributed by atoms with van der Waals surface area (Å²) in [5.41, 5.74) is 0.542. The summed E-state index contributed by atoms with van der Waals surface area (Å²) < 4.78 is 30.1. The van der Waals surface area contributed by atoms with Crippen LogP contribution >= 0.6 is 0 Å². The number of hydrogen-bond donors (Lipinski definition) is 1. The van der Waals surface area contributed by atoms with Crippen molar-refractivity contribution in [3.8, 4) is 11.4 Å². The van der Waals surface area contributed by atoms with Crippen LogP contribution in [-0.4, -0.2) is 34.3 Å². The highest BCUT2D eigenvalue weighted by Gasteiger charge is 2.30. The number of pyridine rings is 1. The third-order valence-corrected chi connectivity index (χ3v) is 5.85. The molecule has 4 rings (SSSR count). The summed E-state index contributed by atoms with van der Waals surface area (Å²) >= 11 is 0. The molecule has 8 nitrogen and oxygen atoms in total. The van der Waals surface area contributed by atoms with Gasteiger partial charge in [-0.05, 0) is 37.1 Å². The number of sulfonamides is 1. The lowest BCUT2D eigenvalue weighted by Crippen LogP contribution is -2.32. The number of benzene rings is 1. The van der Waals surface area contributed by atoms with Crippen molar-refractivity contribution < 1.29 is 8.42 Å². The van der Waals surface area contributed by atoms with E-state index in [4.69, 9.17) is 0 Å². The van der Waals surface area contributed by atoms with E-state index < -0.39 is 10.0 Å². The molecule has 140 valence electrons. The second-order valence-electron chi connectivity index (χ2n) is 6.38. The second-order valence-corrected chi connectivity index (χ2v) is 8.15. The van der Waals surface area contributed by atoms with Gasteiger partial charge in [0.05, 0.1) is 11.4 Å². The standard InChI is InChI=1S/C18H19N5O3S/c24-18-22(12-11-20-27(25,26)16-6-2-1-3-7-16)21-17(23(18)15-8-9-15)14-5-4-10-19-13-14/h1-7,10,13,15,20H,8-9,11-12H2. The lowest BCUT2D eigenvalue weighted by Gasteiger charge is -2.06. The van der Waals surface area contributed by atoms with E-state index in [0.29, 0.717) is 5.82 Å². The highest BCUT2D eigenvalue weighted by atomic mass is 32.2. The van der Waals surface area contributed by atoms with E-state index in [9.17, 15) is 13.2 Å². The summed E-state index contributed by atoms with van der Waals surface area (Å²) in [6.45, 7) is 0.225. The zero-order valence-electron chi connectivity index (χ0n) is 14.5. The fourth-order valence-electron chi connectivity index (χ4n) is 2.89. The van der Waals surface area contributed by atoms with Crippen LogP contribution < -0.4 is 10.4 Å². The van der Waals surface area contributed by atoms with Crippen LogP contribution in [0, 0.1) is 0 Å². The molecule has 1 aromatic carbocycles. The second kappa shape index (κ2) is 7.09. The molecule has 1 aliphatic rings. The van der Waals surface area contributed by atoms with Crippen molar-refractivity contribution in [3.05, 3.63) is 65.3 Å². The van der Waals surface area contributed by atoms with Crippen LogP contribution in [0.15, 0.2) is 64.5 Å². The van der Waals surface area contributed by atoms with E-state index in [0.717, 1.165) is 18.4 Å². The maximum atomic E-state index is 12.7. The molecular weight excluding hydrogens is 366 g/mol. The fourth-order valence-corrected chi connectivity index (χ4v) is 3.93. The topological polar surface area (TPSA) is 98.9 Å². The predicted octanol–water partition coefficient (Wildman–Crippen LogP) is 1.42. The number of hydrogen-bond acceptors (Lipinski definition) is 5. The largest absolute Gasteiger partial charge is 0.346 e. The normalized spacial score (nSPS) is 14.4. The van der Waals surface area contributed by atoms with Gasteiger partial charge in [-0.2, -0.15) is 0 Å². The van der Waals surface area contributed by atoms with Gasteiger partial charge in [-0.1, -0.05) is 18.2 Å². The van der Waals surface area contributed by atoms with E-state index >= 15 is 0 Å². The minimum absolute atomic E-state index is 0.0747. The van der Waals surface area contributed by atoms with Gasteiger partial charge in [-0.15, -0.1) is 5.10 Å². The molecule has 1 fully saturated rings. The smallest absolute Gasteiger partial charge is 0.272 e. The zero-order valence-corrected chi connectivity index (χ0v) is 15.3. The third kappa shape index (κ3) is 3.69. The summed E-state index contributed by atoms with van der Waals surface area (Å²) in [4.78, 5) is 17.0. The number of aromatic nitrogens is 4. The molecular formula is C18H19N5O3S. The Morgan fingerprint density at radius 2 is 1.89 bits per heavy atom. The number of nitrogens with zero attached hydrogens (tertiary/aromatic N) is 4. The zero-order chi connectivity index (χ0) is 18.9. The first-order valence-electron chi connectivity index (χ1n) is 8.71. The molecule has 0 unspecified atom stereocenters. The van der Waals surface area contributed by atoms with Crippen LogP contribution in [0.1, 0.15) is 18.9 Å². The Balaban J connectivity index is 1.54. The summed E-state index contributed by atoms with van der Waals surface area (Å²) in [7, 11) is -3.61. The summed E-state index contributed by atoms with van der Waals surface area (Å²) in [5, 5.41) is 4.43. The Hall–Kier alpha value is -2.78. The Kier molecular flexibility index (Phi) is 4.63. The number of rotatable bonds is 7. The molecule has 3 aromatic rings. The highest BCUT2D eigenvalue weighted by Crippen LogP contribution is 2.36. The van der Waals surface area contributed by atoms with Crippen LogP contribution in [0.25, 0.3) is 11.4 Å². The van der Waals surface area contributed by atoms with Gasteiger partial charge in [0.2, 0.25) is 10.0 Å². The Morgan fingerprint density at radius 3 is 2.56 bits per heavy atom. The summed E-state index contributed by atoms with van der Waals surface area (Å²) in [5.74, 6) is 0.571. The average Bonchev–Trinajstić information content (AvgIpc) is 3.47. The molecule has 1 N–H and O–H groups in total. The van der Waals surface area contributed by atoms with Gasteiger partial charge in [0, 0.05) is 30.5 Å². The van der Waals surface area contributed by atoms with E-state index in [1.54, 1.807) is 41.2 Å². The maximum absolute atomic E-state index is 12.7. The molecule has 9 heteroatoms. The van der Waals surface area contributed by atoms with E-state index in [2.05, 4.69) is 14.8 Å². The van der Waals surface area contributed by atoms with Crippen molar-refractivity contribution in [1.82, 2.24) is 24.1 Å². The Bertz CT molecular complexity index is 1090. The van der Waals surface area contributed by atoms with Crippen molar-refractivity contribution in [2.45, 2.75) is 30.3 Å². The van der Waals surface area contributed by atoms with Crippen molar-refractivity contribution in [1.29, 1.82) is 0 Å². The summed E-state index contributed by atoms with van der Waals surface area (Å²) in [6.07, 6.45) is 5.22. The minimum atomic E-state index is -3.61. The molecule has 0 aliphatic heterocycles. The molecule has 1 saturated carbocycles. The SMILES string of the molecule is O=c1n(CCNS(=O)(=O)c2ccccc2)nc(-c2cccnc2)n1C1CC1. The van der Waals surface area contributed by atoms with Gasteiger partial charge >= 0.3 is 5.69 Å². The van der Waals surface area contributed by atoms with Crippen LogP contribution in [0.3, 0.4) is 0 Å². The number of nitrogens with one attached hydrogen (secondary N) is 1. The fraction of sp³-hybridized carbons (Fsp3) is 0.278. The predicted molar refractivity (Wildman–Crippen MR) is 99.6 cm³/mol. The van der Waals surface area contributed by atoms with E-state index in [-0.39, 0.29) is 29.7 Å². The Labute approximate surface area is 156 Å². The monoisotopic (exact) mass is 385 g/mol. The highest BCUT2D eigenvalue weighted by molar-refractivity contribution is 7.89. The van der Waals surface area contributed by atoms with Gasteiger partial charge in [-0.25, -0.2) is 22.6 Å². The molecule has 0 amide bonds. The molecule has 2 heterocycles. The first kappa shape index (κ1) is 17.6.